The minimum absolute atomic E-state index is 0.258. The lowest BCUT2D eigenvalue weighted by atomic mass is 10.1. The van der Waals surface area contributed by atoms with E-state index < -0.39 is 0 Å². The number of nitrogens with zero attached hydrogens (tertiary/aromatic N) is 6. The molecule has 30 heavy (non-hydrogen) atoms. The molecule has 0 aliphatic carbocycles. The second-order valence-corrected chi connectivity index (χ2v) is 8.79. The number of hydrogen-bond acceptors (Lipinski definition) is 6. The van der Waals surface area contributed by atoms with Gasteiger partial charge >= 0.3 is 0 Å². The van der Waals surface area contributed by atoms with Crippen LogP contribution in [0.15, 0.2) is 55.4 Å². The normalized spacial score (nSPS) is 16.9. The van der Waals surface area contributed by atoms with Gasteiger partial charge in [-0.25, -0.2) is 24.3 Å². The Balaban J connectivity index is 1.47. The number of aryl methyl sites for hydroxylation is 1. The van der Waals surface area contributed by atoms with Crippen LogP contribution >= 0.6 is 11.3 Å². The van der Waals surface area contributed by atoms with Crippen LogP contribution in [-0.2, 0) is 6.54 Å². The van der Waals surface area contributed by atoms with Gasteiger partial charge in [-0.1, -0.05) is 0 Å². The lowest BCUT2D eigenvalue weighted by Crippen LogP contribution is -2.20. The zero-order chi connectivity index (χ0) is 20.5. The number of halogens is 1. The second-order valence-electron chi connectivity index (χ2n) is 7.47. The Labute approximate surface area is 178 Å². The molecule has 5 rings (SSSR count). The molecular formula is C22H21FN6S. The van der Waals surface area contributed by atoms with Crippen molar-refractivity contribution in [2.75, 3.05) is 13.1 Å². The highest BCUT2D eigenvalue weighted by molar-refractivity contribution is 7.11. The number of likely N-dealkylation sites (tertiary alicyclic amines) is 1. The fourth-order valence-corrected chi connectivity index (χ4v) is 4.86. The van der Waals surface area contributed by atoms with Crippen molar-refractivity contribution < 1.29 is 4.39 Å². The number of rotatable bonds is 5. The molecule has 0 amide bonds. The molecule has 1 aromatic carbocycles. The average molecular weight is 421 g/mol. The molecule has 1 saturated heterocycles. The first kappa shape index (κ1) is 19.0. The van der Waals surface area contributed by atoms with Crippen LogP contribution in [-0.4, -0.2) is 42.5 Å². The summed E-state index contributed by atoms with van der Waals surface area (Å²) in [5.74, 6) is -0.258. The molecule has 1 unspecified atom stereocenters. The van der Waals surface area contributed by atoms with Gasteiger partial charge in [-0.05, 0) is 43.7 Å². The quantitative estimate of drug-likeness (QED) is 0.480. The third-order valence-corrected chi connectivity index (χ3v) is 6.32. The smallest absolute Gasteiger partial charge is 0.123 e. The van der Waals surface area contributed by atoms with Crippen LogP contribution in [0.1, 0.15) is 22.3 Å². The zero-order valence-electron chi connectivity index (χ0n) is 16.6. The van der Waals surface area contributed by atoms with Crippen molar-refractivity contribution in [3.63, 3.8) is 0 Å². The minimum Gasteiger partial charge on any atom is -0.324 e. The number of benzene rings is 1. The fourth-order valence-electron chi connectivity index (χ4n) is 4.02. The van der Waals surface area contributed by atoms with Crippen LogP contribution in [0.3, 0.4) is 0 Å². The van der Waals surface area contributed by atoms with Crippen LogP contribution in [0.2, 0.25) is 0 Å². The standard InChI is InChI=1S/C22H21FN6S/c1-15-25-10-19(30-15)12-28-9-7-18(11-28)29-14-27-21(16-2-4-17(23)5-3-16)22(29)20-6-8-24-13-26-20/h2-6,8,10,13-14,18H,7,9,11-12H2,1H3. The van der Waals surface area contributed by atoms with Gasteiger partial charge in [0.2, 0.25) is 0 Å². The van der Waals surface area contributed by atoms with Crippen molar-refractivity contribution in [3.05, 3.63) is 71.1 Å². The van der Waals surface area contributed by atoms with Gasteiger partial charge in [0.05, 0.1) is 28.4 Å². The van der Waals surface area contributed by atoms with E-state index in [1.165, 1.54) is 17.0 Å². The van der Waals surface area contributed by atoms with E-state index >= 15 is 0 Å². The highest BCUT2D eigenvalue weighted by atomic mass is 32.1. The Morgan fingerprint density at radius 2 is 2.00 bits per heavy atom. The summed E-state index contributed by atoms with van der Waals surface area (Å²) in [6.45, 7) is 4.92. The van der Waals surface area contributed by atoms with Crippen LogP contribution in [0, 0.1) is 12.7 Å². The molecule has 8 heteroatoms. The molecule has 0 N–H and O–H groups in total. The van der Waals surface area contributed by atoms with Gasteiger partial charge in [0, 0.05) is 48.5 Å². The van der Waals surface area contributed by atoms with Crippen molar-refractivity contribution in [1.29, 1.82) is 0 Å². The molecule has 152 valence electrons. The summed E-state index contributed by atoms with van der Waals surface area (Å²) in [5, 5.41) is 1.10. The van der Waals surface area contributed by atoms with Crippen LogP contribution in [0.4, 0.5) is 4.39 Å². The maximum Gasteiger partial charge on any atom is 0.123 e. The predicted octanol–water partition coefficient (Wildman–Crippen LogP) is 4.36. The second kappa shape index (κ2) is 8.04. The first-order chi connectivity index (χ1) is 14.7. The number of aromatic nitrogens is 5. The first-order valence-corrected chi connectivity index (χ1v) is 10.7. The maximum absolute atomic E-state index is 13.4. The summed E-state index contributed by atoms with van der Waals surface area (Å²) in [7, 11) is 0. The Hall–Kier alpha value is -2.97. The summed E-state index contributed by atoms with van der Waals surface area (Å²) in [6.07, 6.45) is 8.19. The molecular weight excluding hydrogens is 399 g/mol. The van der Waals surface area contributed by atoms with Crippen molar-refractivity contribution >= 4 is 11.3 Å². The number of hydrogen-bond donors (Lipinski definition) is 0. The Morgan fingerprint density at radius 3 is 2.73 bits per heavy atom. The summed E-state index contributed by atoms with van der Waals surface area (Å²) >= 11 is 1.75. The summed E-state index contributed by atoms with van der Waals surface area (Å²) < 4.78 is 15.7. The lowest BCUT2D eigenvalue weighted by molar-refractivity contribution is 0.319. The minimum atomic E-state index is -0.258. The van der Waals surface area contributed by atoms with Gasteiger partial charge in [-0.2, -0.15) is 0 Å². The van der Waals surface area contributed by atoms with Crippen molar-refractivity contribution in [2.24, 2.45) is 0 Å². The van der Waals surface area contributed by atoms with E-state index in [-0.39, 0.29) is 5.82 Å². The number of imidazole rings is 1. The molecule has 1 aliphatic rings. The van der Waals surface area contributed by atoms with E-state index in [4.69, 9.17) is 4.98 Å². The predicted molar refractivity (Wildman–Crippen MR) is 114 cm³/mol. The van der Waals surface area contributed by atoms with E-state index in [0.717, 1.165) is 53.7 Å². The SMILES string of the molecule is Cc1ncc(CN2CCC(n3cnc(-c4ccc(F)cc4)c3-c3ccncn3)C2)s1. The van der Waals surface area contributed by atoms with Crippen LogP contribution in [0.5, 0.6) is 0 Å². The third-order valence-electron chi connectivity index (χ3n) is 5.43. The zero-order valence-corrected chi connectivity index (χ0v) is 17.4. The molecule has 4 heterocycles. The monoisotopic (exact) mass is 420 g/mol. The van der Waals surface area contributed by atoms with E-state index in [1.807, 2.05) is 25.5 Å². The molecule has 0 saturated carbocycles. The number of thiazole rings is 1. The van der Waals surface area contributed by atoms with Crippen LogP contribution in [0.25, 0.3) is 22.6 Å². The van der Waals surface area contributed by atoms with E-state index in [1.54, 1.807) is 36.0 Å². The first-order valence-electron chi connectivity index (χ1n) is 9.90. The highest BCUT2D eigenvalue weighted by Gasteiger charge is 2.28. The highest BCUT2D eigenvalue weighted by Crippen LogP contribution is 2.35. The molecule has 0 spiro atoms. The van der Waals surface area contributed by atoms with Gasteiger partial charge < -0.3 is 4.57 Å². The van der Waals surface area contributed by atoms with Gasteiger partial charge in [-0.15, -0.1) is 11.3 Å². The Bertz CT molecular complexity index is 1140. The summed E-state index contributed by atoms with van der Waals surface area (Å²) in [4.78, 5) is 21.4. The molecule has 3 aromatic heterocycles. The molecule has 0 radical (unpaired) electrons. The van der Waals surface area contributed by atoms with Crippen molar-refractivity contribution in [2.45, 2.75) is 25.9 Å². The molecule has 0 bridgehead atoms. The van der Waals surface area contributed by atoms with Gasteiger partial charge in [0.1, 0.15) is 12.1 Å². The maximum atomic E-state index is 13.4. The molecule has 1 fully saturated rings. The topological polar surface area (TPSA) is 59.7 Å². The fraction of sp³-hybridized carbons (Fsp3) is 0.273. The van der Waals surface area contributed by atoms with Gasteiger partial charge in [-0.3, -0.25) is 4.90 Å². The van der Waals surface area contributed by atoms with E-state index in [0.29, 0.717) is 6.04 Å². The molecule has 1 atom stereocenters. The summed E-state index contributed by atoms with van der Waals surface area (Å²) in [5.41, 5.74) is 3.45. The molecule has 4 aromatic rings. The lowest BCUT2D eigenvalue weighted by Gasteiger charge is -2.18. The molecule has 1 aliphatic heterocycles. The van der Waals surface area contributed by atoms with Crippen molar-refractivity contribution in [1.82, 2.24) is 29.4 Å². The average Bonchev–Trinajstić information content (AvgIpc) is 3.49. The third kappa shape index (κ3) is 3.76. The van der Waals surface area contributed by atoms with Crippen molar-refractivity contribution in [3.8, 4) is 22.6 Å². The van der Waals surface area contributed by atoms with E-state index in [9.17, 15) is 4.39 Å². The largest absolute Gasteiger partial charge is 0.324 e. The summed E-state index contributed by atoms with van der Waals surface area (Å²) in [6, 6.07) is 8.65. The Morgan fingerprint density at radius 1 is 1.13 bits per heavy atom. The Kier molecular flexibility index (Phi) is 5.10. The van der Waals surface area contributed by atoms with E-state index in [2.05, 4.69) is 24.4 Å². The van der Waals surface area contributed by atoms with Gasteiger partial charge in [0.15, 0.2) is 0 Å². The molecule has 6 nitrogen and oxygen atoms in total. The van der Waals surface area contributed by atoms with Gasteiger partial charge in [0.25, 0.3) is 0 Å². The van der Waals surface area contributed by atoms with Crippen LogP contribution < -0.4 is 0 Å².